The van der Waals surface area contributed by atoms with Gasteiger partial charge in [-0.3, -0.25) is 19.5 Å². The fraction of sp³-hybridized carbons (Fsp3) is 0.400. The van der Waals surface area contributed by atoms with Crippen LogP contribution in [0.3, 0.4) is 0 Å². The number of hydrogen-bond acceptors (Lipinski definition) is 6. The summed E-state index contributed by atoms with van der Waals surface area (Å²) in [6, 6.07) is 17.0. The summed E-state index contributed by atoms with van der Waals surface area (Å²) in [5.41, 5.74) is 4.32. The van der Waals surface area contributed by atoms with Gasteiger partial charge in [-0.2, -0.15) is 0 Å². The molecule has 5 rings (SSSR count). The highest BCUT2D eigenvalue weighted by molar-refractivity contribution is 6.06. The average Bonchev–Trinajstić information content (AvgIpc) is 3.24. The normalized spacial score (nSPS) is 21.9. The lowest BCUT2D eigenvalue weighted by Crippen LogP contribution is -2.39. The van der Waals surface area contributed by atoms with Crippen LogP contribution in [0.5, 0.6) is 5.75 Å². The van der Waals surface area contributed by atoms with E-state index in [-0.39, 0.29) is 30.1 Å². The molecular formula is C35H40N2O5. The van der Waals surface area contributed by atoms with E-state index in [0.717, 1.165) is 33.2 Å². The first-order chi connectivity index (χ1) is 20.3. The number of aliphatic hydroxyl groups excluding tert-OH is 2. The van der Waals surface area contributed by atoms with E-state index < -0.39 is 23.9 Å². The van der Waals surface area contributed by atoms with Crippen molar-refractivity contribution in [3.63, 3.8) is 0 Å². The molecule has 0 unspecified atom stereocenters. The quantitative estimate of drug-likeness (QED) is 0.217. The van der Waals surface area contributed by atoms with E-state index in [1.54, 1.807) is 12.3 Å². The number of pyridine rings is 1. The Morgan fingerprint density at radius 1 is 1.05 bits per heavy atom. The first kappa shape index (κ1) is 29.7. The number of likely N-dealkylation sites (tertiary alicyclic amines) is 1. The summed E-state index contributed by atoms with van der Waals surface area (Å²) < 4.78 is 0. The van der Waals surface area contributed by atoms with E-state index in [1.165, 1.54) is 4.90 Å². The van der Waals surface area contributed by atoms with Crippen molar-refractivity contribution < 1.29 is 24.9 Å². The van der Waals surface area contributed by atoms with Crippen molar-refractivity contribution in [2.45, 2.75) is 52.6 Å². The summed E-state index contributed by atoms with van der Waals surface area (Å²) in [5.74, 6) is -1.84. The number of nitrogens with zero attached hydrogens (tertiary/aromatic N) is 2. The Morgan fingerprint density at radius 2 is 1.79 bits per heavy atom. The Labute approximate surface area is 247 Å². The van der Waals surface area contributed by atoms with E-state index >= 15 is 0 Å². The van der Waals surface area contributed by atoms with Crippen LogP contribution in [0, 0.1) is 23.7 Å². The number of phenols is 1. The molecule has 2 heterocycles. The van der Waals surface area contributed by atoms with Crippen molar-refractivity contribution in [1.29, 1.82) is 0 Å². The van der Waals surface area contributed by atoms with E-state index in [9.17, 15) is 24.9 Å². The lowest BCUT2D eigenvalue weighted by atomic mass is 9.66. The Bertz CT molecular complexity index is 1530. The monoisotopic (exact) mass is 568 g/mol. The zero-order valence-electron chi connectivity index (χ0n) is 24.5. The topological polar surface area (TPSA) is 111 Å². The molecule has 4 atom stereocenters. The van der Waals surface area contributed by atoms with Gasteiger partial charge in [-0.15, -0.1) is 0 Å². The highest BCUT2D eigenvalue weighted by Crippen LogP contribution is 2.48. The maximum atomic E-state index is 13.4. The molecule has 2 aromatic carbocycles. The second kappa shape index (κ2) is 12.6. The molecule has 7 nitrogen and oxygen atoms in total. The van der Waals surface area contributed by atoms with E-state index in [4.69, 9.17) is 0 Å². The van der Waals surface area contributed by atoms with Crippen LogP contribution in [-0.2, 0) is 9.59 Å². The molecule has 2 amide bonds. The van der Waals surface area contributed by atoms with Crippen molar-refractivity contribution in [2.24, 2.45) is 23.7 Å². The van der Waals surface area contributed by atoms with Crippen LogP contribution in [0.1, 0.15) is 57.7 Å². The first-order valence-corrected chi connectivity index (χ1v) is 15.0. The lowest BCUT2D eigenvalue weighted by molar-refractivity contribution is -0.140. The minimum absolute atomic E-state index is 0.0574. The predicted molar refractivity (Wildman–Crippen MR) is 164 cm³/mol. The van der Waals surface area contributed by atoms with Crippen LogP contribution in [-0.4, -0.2) is 56.3 Å². The Kier molecular flexibility index (Phi) is 8.90. The summed E-state index contributed by atoms with van der Waals surface area (Å²) in [7, 11) is 0. The van der Waals surface area contributed by atoms with Gasteiger partial charge in [0.1, 0.15) is 5.75 Å². The smallest absolute Gasteiger partial charge is 0.233 e. The van der Waals surface area contributed by atoms with E-state index in [2.05, 4.69) is 11.1 Å². The Balaban J connectivity index is 1.49. The molecule has 220 valence electrons. The zero-order valence-corrected chi connectivity index (χ0v) is 24.5. The van der Waals surface area contributed by atoms with E-state index in [1.807, 2.05) is 69.3 Å². The number of amides is 2. The molecule has 1 aliphatic heterocycles. The van der Waals surface area contributed by atoms with Gasteiger partial charge in [0.15, 0.2) is 0 Å². The highest BCUT2D eigenvalue weighted by Gasteiger charge is 2.54. The van der Waals surface area contributed by atoms with E-state index in [0.29, 0.717) is 37.8 Å². The Hall–Kier alpha value is -3.81. The van der Waals surface area contributed by atoms with Crippen molar-refractivity contribution in [1.82, 2.24) is 9.88 Å². The molecule has 1 fully saturated rings. The number of rotatable bonds is 10. The maximum absolute atomic E-state index is 13.4. The van der Waals surface area contributed by atoms with Gasteiger partial charge in [-0.1, -0.05) is 62.7 Å². The fourth-order valence-corrected chi connectivity index (χ4v) is 6.85. The minimum atomic E-state index is -0.896. The highest BCUT2D eigenvalue weighted by atomic mass is 16.3. The number of benzene rings is 2. The molecule has 1 aliphatic carbocycles. The number of carbonyl (C=O) groups excluding carboxylic acids is 2. The van der Waals surface area contributed by atoms with Gasteiger partial charge in [0.25, 0.3) is 0 Å². The number of allylic oxidation sites excluding steroid dienone is 2. The number of imide groups is 1. The third-order valence-electron chi connectivity index (χ3n) is 8.86. The van der Waals surface area contributed by atoms with Gasteiger partial charge < -0.3 is 15.3 Å². The van der Waals surface area contributed by atoms with Crippen molar-refractivity contribution >= 4 is 34.2 Å². The van der Waals surface area contributed by atoms with Gasteiger partial charge in [0, 0.05) is 24.0 Å². The van der Waals surface area contributed by atoms with Crippen molar-refractivity contribution in [3.8, 4) is 5.75 Å². The molecule has 1 saturated heterocycles. The van der Waals surface area contributed by atoms with Gasteiger partial charge in [0.2, 0.25) is 11.8 Å². The van der Waals surface area contributed by atoms with Gasteiger partial charge in [0.05, 0.1) is 30.2 Å². The number of carbonyl (C=O) groups is 2. The molecule has 3 N–H and O–H groups in total. The predicted octanol–water partition coefficient (Wildman–Crippen LogP) is 5.60. The summed E-state index contributed by atoms with van der Waals surface area (Å²) in [6.45, 7) is 6.09. The molecule has 42 heavy (non-hydrogen) atoms. The number of aromatic hydroxyl groups is 1. The number of phenolic OH excluding ortho intramolecular Hbond substituents is 1. The largest absolute Gasteiger partial charge is 0.507 e. The van der Waals surface area contributed by atoms with Crippen LogP contribution in [0.4, 0.5) is 0 Å². The van der Waals surface area contributed by atoms with Gasteiger partial charge in [-0.05, 0) is 78.0 Å². The summed E-state index contributed by atoms with van der Waals surface area (Å²) in [4.78, 5) is 32.6. The Morgan fingerprint density at radius 3 is 2.45 bits per heavy atom. The summed E-state index contributed by atoms with van der Waals surface area (Å²) in [5, 5.41) is 34.4. The molecule has 0 saturated carbocycles. The number of aromatic nitrogens is 1. The van der Waals surface area contributed by atoms with Gasteiger partial charge >= 0.3 is 0 Å². The number of hydrogen-bond donors (Lipinski definition) is 3. The standard InChI is InChI=1S/C35H40N2O5/c1-4-17-37-34(41)27-19-26(21(2)3)32(28(20-38)33(27)35(37)42)31(40)15-13-23(29-11-7-8-16-36-29)18-22-12-14-30(39)25-10-6-5-9-24(22)25/h5-12,14,16,18,21,27-28,31,33,38-40H,4,13,15,17,19-20H2,1-3H3/b23-18-/t27-,28+,31-,33-/m1/s1. The molecule has 3 aromatic rings. The van der Waals surface area contributed by atoms with Crippen LogP contribution in [0.25, 0.3) is 22.4 Å². The van der Waals surface area contributed by atoms with Gasteiger partial charge in [-0.25, -0.2) is 0 Å². The van der Waals surface area contributed by atoms with Crippen LogP contribution >= 0.6 is 0 Å². The fourth-order valence-electron chi connectivity index (χ4n) is 6.85. The third kappa shape index (κ3) is 5.51. The second-order valence-electron chi connectivity index (χ2n) is 11.7. The number of fused-ring (bicyclic) bond motifs is 2. The van der Waals surface area contributed by atoms with Crippen LogP contribution in [0.2, 0.25) is 0 Å². The average molecular weight is 569 g/mol. The number of aliphatic hydroxyl groups is 2. The van der Waals surface area contributed by atoms with Crippen molar-refractivity contribution in [2.75, 3.05) is 13.2 Å². The molecule has 0 spiro atoms. The second-order valence-corrected chi connectivity index (χ2v) is 11.7. The molecular weight excluding hydrogens is 528 g/mol. The van der Waals surface area contributed by atoms with Crippen molar-refractivity contribution in [3.05, 3.63) is 83.2 Å². The molecule has 1 aromatic heterocycles. The SMILES string of the molecule is CCCN1C(=O)[C@@H]2[C@@H](CC(C(C)C)=C([C@H](O)CC/C(=C/c3ccc(O)c4ccccc34)c3ccccn3)[C@@H]2CO)C1=O. The summed E-state index contributed by atoms with van der Waals surface area (Å²) in [6.07, 6.45) is 4.85. The molecule has 7 heteroatoms. The molecule has 0 radical (unpaired) electrons. The molecule has 2 aliphatic rings. The summed E-state index contributed by atoms with van der Waals surface area (Å²) >= 11 is 0. The first-order valence-electron chi connectivity index (χ1n) is 15.0. The third-order valence-corrected chi connectivity index (χ3v) is 8.86. The zero-order chi connectivity index (χ0) is 30.0. The maximum Gasteiger partial charge on any atom is 0.233 e. The van der Waals surface area contributed by atoms with Crippen LogP contribution in [0.15, 0.2) is 71.9 Å². The minimum Gasteiger partial charge on any atom is -0.507 e. The lowest BCUT2D eigenvalue weighted by Gasteiger charge is -2.38. The molecule has 0 bridgehead atoms. The van der Waals surface area contributed by atoms with Crippen LogP contribution < -0.4 is 0 Å².